The van der Waals surface area contributed by atoms with Gasteiger partial charge < -0.3 is 4.42 Å². The van der Waals surface area contributed by atoms with Crippen LogP contribution in [0.2, 0.25) is 0 Å². The third-order valence-corrected chi connectivity index (χ3v) is 10.2. The lowest BCUT2D eigenvalue weighted by Crippen LogP contribution is -2.05. The van der Waals surface area contributed by atoms with Gasteiger partial charge in [-0.3, -0.25) is 0 Å². The number of nitrogens with zero attached hydrogens (tertiary/aromatic N) is 2. The molecule has 8 rings (SSSR count). The average Bonchev–Trinajstić information content (AvgIpc) is 3.53. The van der Waals surface area contributed by atoms with E-state index in [2.05, 4.69) is 117 Å². The maximum atomic E-state index is 6.51. The molecule has 0 unspecified atom stereocenters. The molecule has 1 aromatic heterocycles. The topological polar surface area (TPSA) is 37.9 Å². The van der Waals surface area contributed by atoms with Crippen molar-refractivity contribution in [2.45, 2.75) is 46.5 Å². The van der Waals surface area contributed by atoms with Crippen LogP contribution in [0.25, 0.3) is 55.1 Å². The van der Waals surface area contributed by atoms with Crippen molar-refractivity contribution >= 4 is 55.5 Å². The fraction of sp³-hybridized carbons (Fsp3) is 0.149. The Morgan fingerprint density at radius 1 is 0.660 bits per heavy atom. The Morgan fingerprint density at radius 3 is 2.28 bits per heavy atom. The number of rotatable bonds is 6. The third-order valence-electron chi connectivity index (χ3n) is 10.2. The zero-order valence-electron chi connectivity index (χ0n) is 29.0. The molecule has 0 amide bonds. The van der Waals surface area contributed by atoms with Gasteiger partial charge in [0.2, 0.25) is 0 Å². The number of aryl methyl sites for hydroxylation is 1. The van der Waals surface area contributed by atoms with Crippen molar-refractivity contribution in [3.63, 3.8) is 0 Å². The number of benzene rings is 6. The summed E-state index contributed by atoms with van der Waals surface area (Å²) in [5.41, 5.74) is 14.3. The van der Waals surface area contributed by atoms with Crippen molar-refractivity contribution in [2.75, 3.05) is 0 Å². The van der Waals surface area contributed by atoms with E-state index in [-0.39, 0.29) is 0 Å². The Balaban J connectivity index is 1.32. The van der Waals surface area contributed by atoms with E-state index in [4.69, 9.17) is 14.4 Å². The summed E-state index contributed by atoms with van der Waals surface area (Å²) in [7, 11) is 0. The Labute approximate surface area is 294 Å². The smallest absolute Gasteiger partial charge is 0.160 e. The van der Waals surface area contributed by atoms with Gasteiger partial charge in [0.25, 0.3) is 0 Å². The molecule has 0 aliphatic heterocycles. The van der Waals surface area contributed by atoms with Gasteiger partial charge in [-0.05, 0) is 115 Å². The average molecular weight is 649 g/mol. The minimum Gasteiger partial charge on any atom is -0.456 e. The molecule has 7 aromatic rings. The van der Waals surface area contributed by atoms with E-state index in [1.54, 1.807) is 0 Å². The van der Waals surface area contributed by atoms with Crippen LogP contribution in [0, 0.1) is 6.92 Å². The maximum Gasteiger partial charge on any atom is 0.160 e. The van der Waals surface area contributed by atoms with Gasteiger partial charge in [-0.15, -0.1) is 0 Å². The Morgan fingerprint density at radius 2 is 1.44 bits per heavy atom. The maximum absolute atomic E-state index is 6.51. The van der Waals surface area contributed by atoms with E-state index < -0.39 is 0 Å². The SMILES string of the molecule is C=C(/N=C(\N=C(/C)c1ccccc1)c1cccc2oc3ccc(-c4cccc(C)c4C4=C(C)CCCC4)cc3c12)c1ccc2ccccc2c1. The third kappa shape index (κ3) is 5.90. The molecular formula is C47H40N2O. The van der Waals surface area contributed by atoms with Crippen molar-refractivity contribution in [3.05, 3.63) is 167 Å². The fourth-order valence-electron chi connectivity index (χ4n) is 7.49. The highest BCUT2D eigenvalue weighted by molar-refractivity contribution is 6.22. The number of aliphatic imine (C=N–C) groups is 2. The van der Waals surface area contributed by atoms with E-state index >= 15 is 0 Å². The minimum absolute atomic E-state index is 0.599. The van der Waals surface area contributed by atoms with Crippen molar-refractivity contribution in [1.29, 1.82) is 0 Å². The summed E-state index contributed by atoms with van der Waals surface area (Å²) < 4.78 is 6.51. The molecule has 0 saturated heterocycles. The first-order valence-corrected chi connectivity index (χ1v) is 17.6. The number of allylic oxidation sites excluding steroid dienone is 2. The number of amidine groups is 1. The van der Waals surface area contributed by atoms with E-state index in [1.165, 1.54) is 58.0 Å². The second-order valence-electron chi connectivity index (χ2n) is 13.5. The quantitative estimate of drug-likeness (QED) is 0.131. The molecule has 0 spiro atoms. The molecule has 1 aliphatic carbocycles. The van der Waals surface area contributed by atoms with E-state index in [0.29, 0.717) is 11.5 Å². The van der Waals surface area contributed by atoms with Gasteiger partial charge in [0.1, 0.15) is 11.2 Å². The first-order chi connectivity index (χ1) is 24.4. The van der Waals surface area contributed by atoms with E-state index in [1.807, 2.05) is 37.3 Å². The van der Waals surface area contributed by atoms with Crippen LogP contribution in [0.1, 0.15) is 67.3 Å². The van der Waals surface area contributed by atoms with Gasteiger partial charge in [0.05, 0.1) is 5.70 Å². The Kier molecular flexibility index (Phi) is 8.34. The van der Waals surface area contributed by atoms with Crippen LogP contribution in [0.5, 0.6) is 0 Å². The van der Waals surface area contributed by atoms with Crippen molar-refractivity contribution in [2.24, 2.45) is 9.98 Å². The molecule has 1 aliphatic rings. The van der Waals surface area contributed by atoms with Crippen LogP contribution in [0.4, 0.5) is 0 Å². The minimum atomic E-state index is 0.599. The van der Waals surface area contributed by atoms with Crippen molar-refractivity contribution < 1.29 is 4.42 Å². The lowest BCUT2D eigenvalue weighted by molar-refractivity contribution is 0.669. The molecule has 50 heavy (non-hydrogen) atoms. The number of furan rings is 1. The molecule has 0 atom stereocenters. The standard InChI is InChI=1S/C47H40N2O/c1-30-14-8-11-20-39(30)45-31(2)15-12-21-40(45)38-26-27-43-42(29-38)46-41(22-13-23-44(46)50-43)47(48-32(3)34-16-6-5-7-17-34)49-33(4)36-25-24-35-18-9-10-19-37(35)28-36/h5-7,9-10,12-13,15-19,21-29H,4,8,11,14,20H2,1-3H3/b48-32+,49-47-. The largest absolute Gasteiger partial charge is 0.456 e. The molecule has 3 heteroatoms. The lowest BCUT2D eigenvalue weighted by atomic mass is 9.82. The van der Waals surface area contributed by atoms with Gasteiger partial charge >= 0.3 is 0 Å². The predicted octanol–water partition coefficient (Wildman–Crippen LogP) is 13.0. The lowest BCUT2D eigenvalue weighted by Gasteiger charge is -2.22. The summed E-state index contributed by atoms with van der Waals surface area (Å²) in [6, 6.07) is 44.5. The van der Waals surface area contributed by atoms with Gasteiger partial charge in [-0.1, -0.05) is 115 Å². The van der Waals surface area contributed by atoms with Crippen LogP contribution in [-0.2, 0) is 0 Å². The second-order valence-corrected chi connectivity index (χ2v) is 13.5. The summed E-state index contributed by atoms with van der Waals surface area (Å²) >= 11 is 0. The zero-order valence-corrected chi connectivity index (χ0v) is 29.0. The second kappa shape index (κ2) is 13.2. The Hall–Kier alpha value is -5.80. The number of hydrogen-bond acceptors (Lipinski definition) is 2. The van der Waals surface area contributed by atoms with Crippen LogP contribution < -0.4 is 0 Å². The summed E-state index contributed by atoms with van der Waals surface area (Å²) in [6.45, 7) is 11.0. The predicted molar refractivity (Wildman–Crippen MR) is 213 cm³/mol. The summed E-state index contributed by atoms with van der Waals surface area (Å²) in [5, 5.41) is 4.38. The van der Waals surface area contributed by atoms with Gasteiger partial charge in [0, 0.05) is 27.6 Å². The molecule has 0 radical (unpaired) electrons. The van der Waals surface area contributed by atoms with Gasteiger partial charge in [0.15, 0.2) is 5.84 Å². The van der Waals surface area contributed by atoms with Gasteiger partial charge in [-0.25, -0.2) is 9.98 Å². The van der Waals surface area contributed by atoms with E-state index in [0.717, 1.165) is 56.1 Å². The molecule has 6 aromatic carbocycles. The molecule has 0 saturated carbocycles. The highest BCUT2D eigenvalue weighted by Crippen LogP contribution is 2.41. The Bertz CT molecular complexity index is 2530. The highest BCUT2D eigenvalue weighted by atomic mass is 16.3. The molecule has 0 bridgehead atoms. The fourth-order valence-corrected chi connectivity index (χ4v) is 7.49. The van der Waals surface area contributed by atoms with Crippen LogP contribution in [-0.4, -0.2) is 11.5 Å². The molecule has 3 nitrogen and oxygen atoms in total. The zero-order chi connectivity index (χ0) is 34.2. The van der Waals surface area contributed by atoms with Crippen LogP contribution in [0.15, 0.2) is 154 Å². The van der Waals surface area contributed by atoms with Crippen LogP contribution in [0.3, 0.4) is 0 Å². The van der Waals surface area contributed by atoms with Crippen molar-refractivity contribution in [1.82, 2.24) is 0 Å². The molecule has 1 heterocycles. The van der Waals surface area contributed by atoms with Crippen LogP contribution >= 0.6 is 0 Å². The van der Waals surface area contributed by atoms with Gasteiger partial charge in [-0.2, -0.15) is 0 Å². The number of hydrogen-bond donors (Lipinski definition) is 0. The summed E-state index contributed by atoms with van der Waals surface area (Å²) in [6.07, 6.45) is 4.82. The normalized spacial score (nSPS) is 14.2. The first kappa shape index (κ1) is 31.5. The molecule has 0 N–H and O–H groups in total. The molecular weight excluding hydrogens is 609 g/mol. The van der Waals surface area contributed by atoms with E-state index in [9.17, 15) is 0 Å². The monoisotopic (exact) mass is 648 g/mol. The summed E-state index contributed by atoms with van der Waals surface area (Å²) in [5.74, 6) is 0.599. The highest BCUT2D eigenvalue weighted by Gasteiger charge is 2.20. The summed E-state index contributed by atoms with van der Waals surface area (Å²) in [4.78, 5) is 10.4. The van der Waals surface area contributed by atoms with Crippen molar-refractivity contribution in [3.8, 4) is 11.1 Å². The first-order valence-electron chi connectivity index (χ1n) is 17.6. The molecule has 0 fully saturated rings. The molecule has 244 valence electrons. The number of fused-ring (bicyclic) bond motifs is 4.